The van der Waals surface area contributed by atoms with Gasteiger partial charge in [0.1, 0.15) is 0 Å². The smallest absolute Gasteiger partial charge is 0.182 e. The standard InChI is InChI=1S/C14H18ClNO/c1-14(2,16-9-3-4-10-16)13(17)11-5-7-12(15)8-6-11/h5-8H,3-4,9-10H2,1-2H3. The molecule has 2 nitrogen and oxygen atoms in total. The first-order valence-corrected chi connectivity index (χ1v) is 6.45. The normalized spacial score (nSPS) is 17.4. The Morgan fingerprint density at radius 1 is 1.18 bits per heavy atom. The van der Waals surface area contributed by atoms with E-state index in [1.165, 1.54) is 12.8 Å². The van der Waals surface area contributed by atoms with Crippen LogP contribution in [0.4, 0.5) is 0 Å². The molecule has 1 aromatic carbocycles. The van der Waals surface area contributed by atoms with Gasteiger partial charge in [-0.2, -0.15) is 0 Å². The molecule has 1 fully saturated rings. The number of hydrogen-bond donors (Lipinski definition) is 0. The van der Waals surface area contributed by atoms with Gasteiger partial charge < -0.3 is 0 Å². The fourth-order valence-corrected chi connectivity index (χ4v) is 2.50. The molecule has 0 radical (unpaired) electrons. The van der Waals surface area contributed by atoms with Gasteiger partial charge in [0.05, 0.1) is 5.54 Å². The Labute approximate surface area is 108 Å². The van der Waals surface area contributed by atoms with Crippen LogP contribution >= 0.6 is 11.6 Å². The van der Waals surface area contributed by atoms with E-state index in [4.69, 9.17) is 11.6 Å². The van der Waals surface area contributed by atoms with Gasteiger partial charge in [0.25, 0.3) is 0 Å². The van der Waals surface area contributed by atoms with Crippen molar-refractivity contribution in [2.75, 3.05) is 13.1 Å². The van der Waals surface area contributed by atoms with Crippen molar-refractivity contribution >= 4 is 17.4 Å². The Bertz CT molecular complexity index is 405. The molecule has 3 heteroatoms. The van der Waals surface area contributed by atoms with Crippen LogP contribution < -0.4 is 0 Å². The Balaban J connectivity index is 2.20. The van der Waals surface area contributed by atoms with Gasteiger partial charge in [0.15, 0.2) is 5.78 Å². The van der Waals surface area contributed by atoms with Gasteiger partial charge in [-0.1, -0.05) is 11.6 Å². The summed E-state index contributed by atoms with van der Waals surface area (Å²) >= 11 is 5.84. The molecule has 1 aromatic rings. The molecule has 1 saturated heterocycles. The first-order valence-electron chi connectivity index (χ1n) is 6.07. The van der Waals surface area contributed by atoms with Crippen LogP contribution in [0.25, 0.3) is 0 Å². The Hall–Kier alpha value is -0.860. The number of nitrogens with zero attached hydrogens (tertiary/aromatic N) is 1. The average molecular weight is 252 g/mol. The summed E-state index contributed by atoms with van der Waals surface area (Å²) in [7, 11) is 0. The van der Waals surface area contributed by atoms with Crippen molar-refractivity contribution in [3.8, 4) is 0 Å². The van der Waals surface area contributed by atoms with Crippen molar-refractivity contribution in [1.29, 1.82) is 0 Å². The molecule has 2 rings (SSSR count). The van der Waals surface area contributed by atoms with E-state index in [9.17, 15) is 4.79 Å². The number of rotatable bonds is 3. The van der Waals surface area contributed by atoms with E-state index >= 15 is 0 Å². The number of benzene rings is 1. The molecule has 0 aromatic heterocycles. The molecule has 0 N–H and O–H groups in total. The van der Waals surface area contributed by atoms with Crippen LogP contribution in [-0.2, 0) is 0 Å². The molecule has 0 atom stereocenters. The third-order valence-electron chi connectivity index (χ3n) is 3.56. The van der Waals surface area contributed by atoms with Crippen LogP contribution in [0.5, 0.6) is 0 Å². The van der Waals surface area contributed by atoms with E-state index in [1.807, 2.05) is 26.0 Å². The van der Waals surface area contributed by atoms with Gasteiger partial charge in [-0.3, -0.25) is 9.69 Å². The summed E-state index contributed by atoms with van der Waals surface area (Å²) in [6, 6.07) is 7.16. The minimum atomic E-state index is -0.412. The van der Waals surface area contributed by atoms with Gasteiger partial charge in [-0.15, -0.1) is 0 Å². The van der Waals surface area contributed by atoms with E-state index < -0.39 is 5.54 Å². The summed E-state index contributed by atoms with van der Waals surface area (Å²) in [4.78, 5) is 14.7. The largest absolute Gasteiger partial charge is 0.292 e. The number of carbonyl (C=O) groups excluding carboxylic acids is 1. The van der Waals surface area contributed by atoms with Crippen molar-refractivity contribution in [1.82, 2.24) is 4.90 Å². The summed E-state index contributed by atoms with van der Waals surface area (Å²) < 4.78 is 0. The molecule has 17 heavy (non-hydrogen) atoms. The molecule has 0 amide bonds. The van der Waals surface area contributed by atoms with Crippen molar-refractivity contribution < 1.29 is 4.79 Å². The molecule has 1 heterocycles. The third kappa shape index (κ3) is 2.53. The van der Waals surface area contributed by atoms with E-state index in [-0.39, 0.29) is 5.78 Å². The van der Waals surface area contributed by atoms with Crippen LogP contribution in [-0.4, -0.2) is 29.3 Å². The predicted molar refractivity (Wildman–Crippen MR) is 70.7 cm³/mol. The van der Waals surface area contributed by atoms with Crippen LogP contribution in [0.3, 0.4) is 0 Å². The summed E-state index contributed by atoms with van der Waals surface area (Å²) in [6.07, 6.45) is 2.38. The van der Waals surface area contributed by atoms with E-state index in [0.717, 1.165) is 18.7 Å². The van der Waals surface area contributed by atoms with Gasteiger partial charge in [0.2, 0.25) is 0 Å². The first-order chi connectivity index (χ1) is 8.01. The number of carbonyl (C=O) groups is 1. The number of Topliss-reactive ketones (excluding diaryl/α,β-unsaturated/α-hetero) is 1. The number of ketones is 1. The van der Waals surface area contributed by atoms with Gasteiger partial charge in [0, 0.05) is 10.6 Å². The lowest BCUT2D eigenvalue weighted by molar-refractivity contribution is 0.0702. The van der Waals surface area contributed by atoms with Gasteiger partial charge in [-0.05, 0) is 64.0 Å². The summed E-state index contributed by atoms with van der Waals surface area (Å²) in [5.74, 6) is 0.177. The highest BCUT2D eigenvalue weighted by molar-refractivity contribution is 6.30. The average Bonchev–Trinajstić information content (AvgIpc) is 2.83. The molecule has 0 bridgehead atoms. The molecule has 1 aliphatic rings. The SMILES string of the molecule is CC(C)(C(=O)c1ccc(Cl)cc1)N1CCCC1. The zero-order valence-corrected chi connectivity index (χ0v) is 11.1. The maximum absolute atomic E-state index is 12.5. The molecular weight excluding hydrogens is 234 g/mol. The van der Waals surface area contributed by atoms with Crippen molar-refractivity contribution in [3.63, 3.8) is 0 Å². The Morgan fingerprint density at radius 2 is 1.71 bits per heavy atom. The van der Waals surface area contributed by atoms with Crippen LogP contribution in [0.15, 0.2) is 24.3 Å². The van der Waals surface area contributed by atoms with Gasteiger partial charge >= 0.3 is 0 Å². The molecule has 0 saturated carbocycles. The molecular formula is C14H18ClNO. The minimum absolute atomic E-state index is 0.177. The fourth-order valence-electron chi connectivity index (χ4n) is 2.37. The highest BCUT2D eigenvalue weighted by Gasteiger charge is 2.36. The summed E-state index contributed by atoms with van der Waals surface area (Å²) in [6.45, 7) is 6.06. The van der Waals surface area contributed by atoms with E-state index in [0.29, 0.717) is 5.02 Å². The van der Waals surface area contributed by atoms with Crippen LogP contribution in [0.2, 0.25) is 5.02 Å². The van der Waals surface area contributed by atoms with E-state index in [2.05, 4.69) is 4.90 Å². The lowest BCUT2D eigenvalue weighted by Crippen LogP contribution is -2.48. The monoisotopic (exact) mass is 251 g/mol. The Morgan fingerprint density at radius 3 is 2.24 bits per heavy atom. The number of likely N-dealkylation sites (tertiary alicyclic amines) is 1. The van der Waals surface area contributed by atoms with Crippen molar-refractivity contribution in [3.05, 3.63) is 34.9 Å². The topological polar surface area (TPSA) is 20.3 Å². The zero-order chi connectivity index (χ0) is 12.5. The summed E-state index contributed by atoms with van der Waals surface area (Å²) in [5, 5.41) is 0.667. The minimum Gasteiger partial charge on any atom is -0.292 e. The third-order valence-corrected chi connectivity index (χ3v) is 3.81. The highest BCUT2D eigenvalue weighted by atomic mass is 35.5. The lowest BCUT2D eigenvalue weighted by Gasteiger charge is -2.33. The van der Waals surface area contributed by atoms with Crippen LogP contribution in [0, 0.1) is 0 Å². The maximum atomic E-state index is 12.5. The molecule has 0 spiro atoms. The van der Waals surface area contributed by atoms with E-state index in [1.54, 1.807) is 12.1 Å². The maximum Gasteiger partial charge on any atom is 0.182 e. The molecule has 92 valence electrons. The van der Waals surface area contributed by atoms with Crippen molar-refractivity contribution in [2.24, 2.45) is 0 Å². The Kier molecular flexibility index (Phi) is 3.55. The first kappa shape index (κ1) is 12.6. The zero-order valence-electron chi connectivity index (χ0n) is 10.4. The fraction of sp³-hybridized carbons (Fsp3) is 0.500. The van der Waals surface area contributed by atoms with Crippen molar-refractivity contribution in [2.45, 2.75) is 32.2 Å². The molecule has 0 unspecified atom stereocenters. The number of hydrogen-bond acceptors (Lipinski definition) is 2. The van der Waals surface area contributed by atoms with Gasteiger partial charge in [-0.25, -0.2) is 0 Å². The second-order valence-electron chi connectivity index (χ2n) is 5.09. The predicted octanol–water partition coefficient (Wildman–Crippen LogP) is 3.40. The number of halogens is 1. The second-order valence-corrected chi connectivity index (χ2v) is 5.53. The van der Waals surface area contributed by atoms with Crippen LogP contribution in [0.1, 0.15) is 37.0 Å². The lowest BCUT2D eigenvalue weighted by atomic mass is 9.91. The molecule has 0 aliphatic carbocycles. The molecule has 1 aliphatic heterocycles. The summed E-state index contributed by atoms with van der Waals surface area (Å²) in [5.41, 5.74) is 0.330. The highest BCUT2D eigenvalue weighted by Crippen LogP contribution is 2.25. The quantitative estimate of drug-likeness (QED) is 0.768. The second kappa shape index (κ2) is 4.79.